The van der Waals surface area contributed by atoms with E-state index in [1.54, 1.807) is 6.07 Å². The molecular formula is C28H35ClN2O4S2. The van der Waals surface area contributed by atoms with Crippen LogP contribution in [0.5, 0.6) is 0 Å². The first kappa shape index (κ1) is 30.9. The molecule has 3 aromatic carbocycles. The van der Waals surface area contributed by atoms with Crippen LogP contribution in [0.1, 0.15) is 48.4 Å². The van der Waals surface area contributed by atoms with Crippen LogP contribution in [0.2, 0.25) is 0 Å². The summed E-state index contributed by atoms with van der Waals surface area (Å²) in [6, 6.07) is 23.3. The van der Waals surface area contributed by atoms with E-state index in [0.717, 1.165) is 40.8 Å². The largest absolute Gasteiger partial charge is 0.387 e. The minimum absolute atomic E-state index is 0. The number of hydrogen-bond donors (Lipinski definition) is 3. The molecular weight excluding hydrogens is 528 g/mol. The van der Waals surface area contributed by atoms with Gasteiger partial charge in [-0.3, -0.25) is 4.79 Å². The lowest BCUT2D eigenvalue weighted by Crippen LogP contribution is -2.33. The Bertz CT molecular complexity index is 1270. The highest BCUT2D eigenvalue weighted by Gasteiger charge is 2.18. The molecule has 3 rings (SSSR count). The normalized spacial score (nSPS) is 13.0. The van der Waals surface area contributed by atoms with E-state index >= 15 is 0 Å². The van der Waals surface area contributed by atoms with Crippen molar-refractivity contribution in [1.29, 1.82) is 0 Å². The average Bonchev–Trinajstić information content (AvgIpc) is 2.83. The highest BCUT2D eigenvalue weighted by atomic mass is 35.5. The van der Waals surface area contributed by atoms with Gasteiger partial charge in [-0.15, -0.1) is 24.2 Å². The number of carbonyl (C=O) groups excluding carboxylic acids is 1. The number of amides is 1. The molecule has 0 aromatic heterocycles. The molecule has 0 aliphatic carbocycles. The van der Waals surface area contributed by atoms with E-state index in [0.29, 0.717) is 5.56 Å². The Kier molecular flexibility index (Phi) is 11.7. The zero-order valence-electron chi connectivity index (χ0n) is 21.5. The average molecular weight is 563 g/mol. The molecule has 0 fully saturated rings. The molecule has 3 N–H and O–H groups in total. The molecule has 0 saturated heterocycles. The third kappa shape index (κ3) is 9.47. The summed E-state index contributed by atoms with van der Waals surface area (Å²) in [5, 5.41) is 14.1. The Hall–Kier alpha value is -2.36. The van der Waals surface area contributed by atoms with Crippen molar-refractivity contribution in [2.45, 2.75) is 49.5 Å². The van der Waals surface area contributed by atoms with Gasteiger partial charge in [0.15, 0.2) is 0 Å². The molecule has 0 spiro atoms. The van der Waals surface area contributed by atoms with Crippen LogP contribution < -0.4 is 10.0 Å². The summed E-state index contributed by atoms with van der Waals surface area (Å²) in [7, 11) is -3.64. The Balaban J connectivity index is 0.00000481. The number of sulfonamides is 1. The van der Waals surface area contributed by atoms with Crippen molar-refractivity contribution in [3.05, 3.63) is 89.5 Å². The number of hydrogen-bond acceptors (Lipinski definition) is 6. The molecule has 0 aliphatic heterocycles. The van der Waals surface area contributed by atoms with Crippen LogP contribution in [0.25, 0.3) is 11.1 Å². The predicted octanol–water partition coefficient (Wildman–Crippen LogP) is 5.22. The summed E-state index contributed by atoms with van der Waals surface area (Å²) >= 11 is 1.52. The SMILES string of the molecule is CC(C)Sc1cc(-c2ccc(CCN[C@@H](C)[C@H](O)c3ccccc3)cc2)ccc1C(=O)NS(C)(=O)=O.Cl. The van der Waals surface area contributed by atoms with Crippen LogP contribution in [-0.4, -0.2) is 43.5 Å². The lowest BCUT2D eigenvalue weighted by atomic mass is 10.0. The van der Waals surface area contributed by atoms with Gasteiger partial charge < -0.3 is 10.4 Å². The minimum atomic E-state index is -3.64. The first-order chi connectivity index (χ1) is 17.0. The van der Waals surface area contributed by atoms with Crippen molar-refractivity contribution in [2.24, 2.45) is 0 Å². The lowest BCUT2D eigenvalue weighted by molar-refractivity contribution is 0.0979. The zero-order valence-corrected chi connectivity index (χ0v) is 23.9. The molecule has 0 unspecified atom stereocenters. The lowest BCUT2D eigenvalue weighted by Gasteiger charge is -2.20. The Morgan fingerprint density at radius 3 is 2.16 bits per heavy atom. The van der Waals surface area contributed by atoms with Gasteiger partial charge in [0.2, 0.25) is 10.0 Å². The van der Waals surface area contributed by atoms with Crippen LogP contribution in [0.15, 0.2) is 77.7 Å². The maximum Gasteiger partial charge on any atom is 0.265 e. The summed E-state index contributed by atoms with van der Waals surface area (Å²) in [5.41, 5.74) is 4.39. The third-order valence-electron chi connectivity index (χ3n) is 5.65. The molecule has 6 nitrogen and oxygen atoms in total. The van der Waals surface area contributed by atoms with Crippen LogP contribution >= 0.6 is 24.2 Å². The topological polar surface area (TPSA) is 95.5 Å². The summed E-state index contributed by atoms with van der Waals surface area (Å²) < 4.78 is 25.1. The van der Waals surface area contributed by atoms with Crippen molar-refractivity contribution < 1.29 is 18.3 Å². The molecule has 200 valence electrons. The van der Waals surface area contributed by atoms with Crippen molar-refractivity contribution >= 4 is 40.1 Å². The highest BCUT2D eigenvalue weighted by molar-refractivity contribution is 8.00. The van der Waals surface area contributed by atoms with Crippen molar-refractivity contribution in [3.63, 3.8) is 0 Å². The fraction of sp³-hybridized carbons (Fsp3) is 0.321. The van der Waals surface area contributed by atoms with Crippen LogP contribution in [0.3, 0.4) is 0 Å². The van der Waals surface area contributed by atoms with Gasteiger partial charge in [0.05, 0.1) is 17.9 Å². The first-order valence-corrected chi connectivity index (χ1v) is 14.7. The molecule has 0 heterocycles. The standard InChI is InChI=1S/C28H34N2O4S2.ClH/c1-19(2)35-26-18-24(14-15-25(26)28(32)30-36(4,33)34)22-12-10-21(11-13-22)16-17-29-20(3)27(31)23-8-6-5-7-9-23;/h5-15,18-20,27,29,31H,16-17H2,1-4H3,(H,30,32);1H/t20-,27-;/m0./s1. The molecule has 37 heavy (non-hydrogen) atoms. The summed E-state index contributed by atoms with van der Waals surface area (Å²) in [6.07, 6.45) is 1.23. The second-order valence-electron chi connectivity index (χ2n) is 9.13. The molecule has 9 heteroatoms. The number of aliphatic hydroxyl groups excluding tert-OH is 1. The summed E-state index contributed by atoms with van der Waals surface area (Å²) in [4.78, 5) is 13.2. The van der Waals surface area contributed by atoms with E-state index in [1.807, 2.05) is 75.4 Å². The molecule has 3 aromatic rings. The molecule has 0 radical (unpaired) electrons. The van der Waals surface area contributed by atoms with Crippen molar-refractivity contribution in [1.82, 2.24) is 10.0 Å². The van der Waals surface area contributed by atoms with Gasteiger partial charge in [0.25, 0.3) is 5.91 Å². The second-order valence-corrected chi connectivity index (χ2v) is 12.5. The van der Waals surface area contributed by atoms with Gasteiger partial charge in [-0.05, 0) is 54.3 Å². The smallest absolute Gasteiger partial charge is 0.265 e. The van der Waals surface area contributed by atoms with Gasteiger partial charge in [-0.25, -0.2) is 13.1 Å². The molecule has 1 amide bonds. The third-order valence-corrected chi connectivity index (χ3v) is 7.27. The van der Waals surface area contributed by atoms with Gasteiger partial charge >= 0.3 is 0 Å². The Labute approximate surface area is 230 Å². The zero-order chi connectivity index (χ0) is 26.3. The van der Waals surface area contributed by atoms with E-state index in [-0.39, 0.29) is 23.7 Å². The maximum absolute atomic E-state index is 12.5. The molecule has 2 atom stereocenters. The molecule has 0 aliphatic rings. The number of carbonyl (C=O) groups is 1. The van der Waals surface area contributed by atoms with Crippen molar-refractivity contribution in [3.8, 4) is 11.1 Å². The first-order valence-electron chi connectivity index (χ1n) is 11.9. The van der Waals surface area contributed by atoms with Crippen LogP contribution in [-0.2, 0) is 16.4 Å². The maximum atomic E-state index is 12.5. The second kappa shape index (κ2) is 14.0. The van der Waals surface area contributed by atoms with Gasteiger partial charge in [0.1, 0.15) is 0 Å². The van der Waals surface area contributed by atoms with Gasteiger partial charge in [-0.2, -0.15) is 0 Å². The van der Waals surface area contributed by atoms with E-state index in [9.17, 15) is 18.3 Å². The minimum Gasteiger partial charge on any atom is -0.387 e. The Morgan fingerprint density at radius 2 is 1.57 bits per heavy atom. The van der Waals surface area contributed by atoms with E-state index in [1.165, 1.54) is 17.3 Å². The molecule has 0 bridgehead atoms. The number of thioether (sulfide) groups is 1. The number of halogens is 1. The number of aliphatic hydroxyl groups is 1. The van der Waals surface area contributed by atoms with Gasteiger partial charge in [-0.1, -0.05) is 74.5 Å². The van der Waals surface area contributed by atoms with Crippen LogP contribution in [0, 0.1) is 0 Å². The quantitative estimate of drug-likeness (QED) is 0.277. The van der Waals surface area contributed by atoms with E-state index < -0.39 is 22.0 Å². The highest BCUT2D eigenvalue weighted by Crippen LogP contribution is 2.32. The number of nitrogens with one attached hydrogen (secondary N) is 2. The molecule has 0 saturated carbocycles. The van der Waals surface area contributed by atoms with Gasteiger partial charge in [0, 0.05) is 16.2 Å². The number of rotatable bonds is 11. The summed E-state index contributed by atoms with van der Waals surface area (Å²) in [5.74, 6) is -0.623. The Morgan fingerprint density at radius 1 is 0.946 bits per heavy atom. The van der Waals surface area contributed by atoms with E-state index in [2.05, 4.69) is 22.2 Å². The fourth-order valence-corrected chi connectivity index (χ4v) is 5.26. The monoisotopic (exact) mass is 562 g/mol. The summed E-state index contributed by atoms with van der Waals surface area (Å²) in [6.45, 7) is 6.77. The predicted molar refractivity (Wildman–Crippen MR) is 155 cm³/mol. The number of benzene rings is 3. The van der Waals surface area contributed by atoms with Crippen molar-refractivity contribution in [2.75, 3.05) is 12.8 Å². The van der Waals surface area contributed by atoms with Crippen LogP contribution in [0.4, 0.5) is 0 Å². The fourth-order valence-electron chi connectivity index (χ4n) is 3.82. The van der Waals surface area contributed by atoms with E-state index in [4.69, 9.17) is 0 Å².